The number of anilines is 1. The van der Waals surface area contributed by atoms with Crippen LogP contribution in [0.25, 0.3) is 0 Å². The fourth-order valence-electron chi connectivity index (χ4n) is 2.34. The van der Waals surface area contributed by atoms with E-state index in [1.165, 1.54) is 12.1 Å². The van der Waals surface area contributed by atoms with E-state index in [0.29, 0.717) is 25.9 Å². The van der Waals surface area contributed by atoms with Crippen molar-refractivity contribution in [2.24, 2.45) is 0 Å². The maximum atomic E-state index is 14.2. The lowest BCUT2D eigenvalue weighted by Gasteiger charge is -2.22. The summed E-state index contributed by atoms with van der Waals surface area (Å²) in [7, 11) is 0. The molecule has 1 aromatic heterocycles. The Hall–Kier alpha value is -2.72. The molecule has 0 aliphatic carbocycles. The van der Waals surface area contributed by atoms with Gasteiger partial charge in [0.2, 0.25) is 5.88 Å². The van der Waals surface area contributed by atoms with E-state index in [0.717, 1.165) is 18.2 Å². The molecule has 0 bridgehead atoms. The molecular formula is C17H15F4N3O3. The van der Waals surface area contributed by atoms with Gasteiger partial charge in [-0.15, -0.1) is 0 Å². The fourth-order valence-corrected chi connectivity index (χ4v) is 2.34. The van der Waals surface area contributed by atoms with Crippen LogP contribution in [0.15, 0.2) is 36.5 Å². The first-order valence-electron chi connectivity index (χ1n) is 7.97. The lowest BCUT2D eigenvalue weighted by Crippen LogP contribution is -2.45. The number of amides is 1. The monoisotopic (exact) mass is 385 g/mol. The van der Waals surface area contributed by atoms with Gasteiger partial charge in [-0.05, 0) is 18.2 Å². The summed E-state index contributed by atoms with van der Waals surface area (Å²) < 4.78 is 62.1. The summed E-state index contributed by atoms with van der Waals surface area (Å²) in [5, 5.41) is 5.53. The van der Waals surface area contributed by atoms with E-state index in [-0.39, 0.29) is 17.3 Å². The summed E-state index contributed by atoms with van der Waals surface area (Å²) in [6, 6.07) is 5.45. The van der Waals surface area contributed by atoms with Crippen LogP contribution in [0.5, 0.6) is 11.6 Å². The Kier molecular flexibility index (Phi) is 5.57. The third kappa shape index (κ3) is 4.92. The topological polar surface area (TPSA) is 72.5 Å². The number of carbonyl (C=O) groups is 1. The summed E-state index contributed by atoms with van der Waals surface area (Å²) in [5.74, 6) is -1.66. The van der Waals surface area contributed by atoms with Gasteiger partial charge < -0.3 is 20.1 Å². The Morgan fingerprint density at radius 1 is 1.30 bits per heavy atom. The second-order valence-corrected chi connectivity index (χ2v) is 5.68. The normalized spacial score (nSPS) is 17.4. The van der Waals surface area contributed by atoms with Crippen molar-refractivity contribution in [1.29, 1.82) is 0 Å². The van der Waals surface area contributed by atoms with Gasteiger partial charge >= 0.3 is 6.18 Å². The minimum Gasteiger partial charge on any atom is -0.436 e. The van der Waals surface area contributed by atoms with E-state index in [1.807, 2.05) is 0 Å². The third-order valence-corrected chi connectivity index (χ3v) is 3.70. The molecule has 27 heavy (non-hydrogen) atoms. The van der Waals surface area contributed by atoms with Crippen molar-refractivity contribution in [2.75, 3.05) is 25.0 Å². The van der Waals surface area contributed by atoms with Crippen molar-refractivity contribution in [3.63, 3.8) is 0 Å². The maximum Gasteiger partial charge on any atom is 0.417 e. The molecule has 1 unspecified atom stereocenters. The van der Waals surface area contributed by atoms with Gasteiger partial charge in [0.25, 0.3) is 5.91 Å². The molecule has 1 aliphatic rings. The number of nitrogens with zero attached hydrogens (tertiary/aromatic N) is 1. The highest BCUT2D eigenvalue weighted by Gasteiger charge is 2.30. The molecule has 2 N–H and O–H groups in total. The number of halogens is 4. The molecule has 0 spiro atoms. The summed E-state index contributed by atoms with van der Waals surface area (Å²) in [6.45, 7) is 1.41. The molecule has 1 aliphatic heterocycles. The molecule has 0 radical (unpaired) electrons. The maximum absolute atomic E-state index is 14.2. The summed E-state index contributed by atoms with van der Waals surface area (Å²) >= 11 is 0. The molecule has 1 fully saturated rings. The number of hydrogen-bond donors (Lipinski definition) is 2. The standard InChI is InChI=1S/C17H15F4N3O3/c18-12-7-11(24-16(25)14-9-22-5-6-26-14)2-3-13(12)27-15-4-1-10(8-23-15)17(19,20)21/h1-4,7-8,14,22H,5-6,9H2,(H,24,25). The van der Waals surface area contributed by atoms with Gasteiger partial charge in [-0.25, -0.2) is 9.37 Å². The average molecular weight is 385 g/mol. The molecule has 2 heterocycles. The Labute approximate surface area is 151 Å². The van der Waals surface area contributed by atoms with Gasteiger partial charge in [-0.1, -0.05) is 0 Å². The van der Waals surface area contributed by atoms with E-state index in [4.69, 9.17) is 9.47 Å². The largest absolute Gasteiger partial charge is 0.436 e. The average Bonchev–Trinajstić information content (AvgIpc) is 2.64. The molecule has 10 heteroatoms. The molecular weight excluding hydrogens is 370 g/mol. The van der Waals surface area contributed by atoms with Gasteiger partial charge in [0.05, 0.1) is 12.2 Å². The smallest absolute Gasteiger partial charge is 0.417 e. The SMILES string of the molecule is O=C(Nc1ccc(Oc2ccc(C(F)(F)F)cn2)c(F)c1)C1CNCCO1. The fraction of sp³-hybridized carbons (Fsp3) is 0.294. The molecule has 2 aromatic rings. The predicted octanol–water partition coefficient (Wildman–Crippen LogP) is 2.96. The van der Waals surface area contributed by atoms with Crippen molar-refractivity contribution in [2.45, 2.75) is 12.3 Å². The van der Waals surface area contributed by atoms with Gasteiger partial charge in [0.1, 0.15) is 6.10 Å². The van der Waals surface area contributed by atoms with Gasteiger partial charge in [0.15, 0.2) is 11.6 Å². The lowest BCUT2D eigenvalue weighted by atomic mass is 10.2. The van der Waals surface area contributed by atoms with Crippen LogP contribution >= 0.6 is 0 Å². The second-order valence-electron chi connectivity index (χ2n) is 5.68. The number of alkyl halides is 3. The Morgan fingerprint density at radius 2 is 2.11 bits per heavy atom. The van der Waals surface area contributed by atoms with Crippen LogP contribution in [-0.2, 0) is 15.7 Å². The van der Waals surface area contributed by atoms with Crippen LogP contribution in [-0.4, -0.2) is 36.7 Å². The molecule has 0 saturated carbocycles. The van der Waals surface area contributed by atoms with Crippen molar-refractivity contribution in [3.05, 3.63) is 47.9 Å². The highest BCUT2D eigenvalue weighted by Crippen LogP contribution is 2.31. The number of morpholine rings is 1. The summed E-state index contributed by atoms with van der Waals surface area (Å²) in [6.07, 6.45) is -4.59. The number of nitrogens with one attached hydrogen (secondary N) is 2. The van der Waals surface area contributed by atoms with Crippen LogP contribution < -0.4 is 15.4 Å². The van der Waals surface area contributed by atoms with Crippen LogP contribution in [0.1, 0.15) is 5.56 Å². The Morgan fingerprint density at radius 3 is 2.70 bits per heavy atom. The number of ether oxygens (including phenoxy) is 2. The van der Waals surface area contributed by atoms with Crippen LogP contribution in [0, 0.1) is 5.82 Å². The van der Waals surface area contributed by atoms with Gasteiger partial charge in [-0.2, -0.15) is 13.2 Å². The first-order valence-corrected chi connectivity index (χ1v) is 7.97. The number of rotatable bonds is 4. The highest BCUT2D eigenvalue weighted by atomic mass is 19.4. The summed E-state index contributed by atoms with van der Waals surface area (Å²) in [4.78, 5) is 15.5. The van der Waals surface area contributed by atoms with Gasteiger partial charge in [0, 0.05) is 37.1 Å². The van der Waals surface area contributed by atoms with E-state index in [1.54, 1.807) is 0 Å². The Bertz CT molecular complexity index is 806. The van der Waals surface area contributed by atoms with Crippen LogP contribution in [0.3, 0.4) is 0 Å². The molecule has 6 nitrogen and oxygen atoms in total. The lowest BCUT2D eigenvalue weighted by molar-refractivity contribution is -0.137. The van der Waals surface area contributed by atoms with Crippen molar-refractivity contribution >= 4 is 11.6 Å². The molecule has 144 valence electrons. The van der Waals surface area contributed by atoms with Crippen molar-refractivity contribution in [1.82, 2.24) is 10.3 Å². The molecule has 1 amide bonds. The van der Waals surface area contributed by atoms with E-state index in [9.17, 15) is 22.4 Å². The zero-order chi connectivity index (χ0) is 19.4. The van der Waals surface area contributed by atoms with Gasteiger partial charge in [-0.3, -0.25) is 4.79 Å². The first-order chi connectivity index (χ1) is 12.8. The van der Waals surface area contributed by atoms with E-state index in [2.05, 4.69) is 15.6 Å². The first kappa shape index (κ1) is 19.1. The number of hydrogen-bond acceptors (Lipinski definition) is 5. The zero-order valence-corrected chi connectivity index (χ0v) is 13.8. The van der Waals surface area contributed by atoms with Crippen molar-refractivity contribution in [3.8, 4) is 11.6 Å². The second kappa shape index (κ2) is 7.89. The van der Waals surface area contributed by atoms with E-state index >= 15 is 0 Å². The number of benzene rings is 1. The molecule has 1 saturated heterocycles. The highest BCUT2D eigenvalue weighted by molar-refractivity contribution is 5.94. The van der Waals surface area contributed by atoms with Crippen molar-refractivity contribution < 1.29 is 31.8 Å². The minimum absolute atomic E-state index is 0.194. The molecule has 1 atom stereocenters. The number of pyridine rings is 1. The molecule has 3 rings (SSSR count). The quantitative estimate of drug-likeness (QED) is 0.792. The minimum atomic E-state index is -4.52. The third-order valence-electron chi connectivity index (χ3n) is 3.70. The van der Waals surface area contributed by atoms with Crippen LogP contribution in [0.2, 0.25) is 0 Å². The molecule has 1 aromatic carbocycles. The van der Waals surface area contributed by atoms with E-state index < -0.39 is 29.6 Å². The summed E-state index contributed by atoms with van der Waals surface area (Å²) in [5.41, 5.74) is -0.743. The van der Waals surface area contributed by atoms with Crippen LogP contribution in [0.4, 0.5) is 23.2 Å². The zero-order valence-electron chi connectivity index (χ0n) is 13.8. The Balaban J connectivity index is 1.65. The number of carbonyl (C=O) groups excluding carboxylic acids is 1. The number of aromatic nitrogens is 1. The predicted molar refractivity (Wildman–Crippen MR) is 87.0 cm³/mol.